The molecule has 4 rings (SSSR count). The zero-order valence-corrected chi connectivity index (χ0v) is 23.1. The Morgan fingerprint density at radius 1 is 1.11 bits per heavy atom. The SMILES string of the molecule is Cc1cc(C)c(/C=C/c2onc(C)c2S(=O)(=O)N2CCC(C(=O)NCc3ccccc3Cl)CC2)c(C)c1. The Bertz CT molecular complexity index is 1410. The molecule has 1 aliphatic heterocycles. The number of rotatable bonds is 7. The smallest absolute Gasteiger partial charge is 0.248 e. The van der Waals surface area contributed by atoms with Crippen LogP contribution in [0.4, 0.5) is 0 Å². The molecule has 196 valence electrons. The Morgan fingerprint density at radius 3 is 2.41 bits per heavy atom. The maximum absolute atomic E-state index is 13.6. The predicted octanol–water partition coefficient (Wildman–Crippen LogP) is 5.45. The highest BCUT2D eigenvalue weighted by Crippen LogP contribution is 2.30. The number of piperidine rings is 1. The molecule has 0 aliphatic carbocycles. The number of nitrogens with zero attached hydrogens (tertiary/aromatic N) is 2. The Morgan fingerprint density at radius 2 is 1.76 bits per heavy atom. The Hall–Kier alpha value is -2.94. The molecule has 0 saturated carbocycles. The lowest BCUT2D eigenvalue weighted by Gasteiger charge is -2.30. The van der Waals surface area contributed by atoms with Crippen LogP contribution in [0.2, 0.25) is 5.02 Å². The second kappa shape index (κ2) is 11.2. The monoisotopic (exact) mass is 541 g/mol. The summed E-state index contributed by atoms with van der Waals surface area (Å²) in [7, 11) is -3.84. The lowest BCUT2D eigenvalue weighted by atomic mass is 9.97. The summed E-state index contributed by atoms with van der Waals surface area (Å²) in [5, 5.41) is 7.48. The van der Waals surface area contributed by atoms with E-state index in [1.165, 1.54) is 9.87 Å². The molecule has 0 radical (unpaired) electrons. The van der Waals surface area contributed by atoms with Crippen molar-refractivity contribution in [1.29, 1.82) is 0 Å². The molecule has 2 aromatic carbocycles. The van der Waals surface area contributed by atoms with E-state index in [1.54, 1.807) is 19.1 Å². The minimum atomic E-state index is -3.84. The van der Waals surface area contributed by atoms with E-state index in [4.69, 9.17) is 16.1 Å². The summed E-state index contributed by atoms with van der Waals surface area (Å²) in [6.07, 6.45) is 4.42. The second-order valence-corrected chi connectivity index (χ2v) is 11.9. The predicted molar refractivity (Wildman–Crippen MR) is 146 cm³/mol. The van der Waals surface area contributed by atoms with E-state index in [2.05, 4.69) is 22.6 Å². The molecule has 1 saturated heterocycles. The second-order valence-electron chi connectivity index (χ2n) is 9.59. The third-order valence-electron chi connectivity index (χ3n) is 6.81. The van der Waals surface area contributed by atoms with Crippen molar-refractivity contribution < 1.29 is 17.7 Å². The summed E-state index contributed by atoms with van der Waals surface area (Å²) in [6, 6.07) is 11.5. The molecule has 0 unspecified atom stereocenters. The molecule has 0 bridgehead atoms. The number of carbonyl (C=O) groups excluding carboxylic acids is 1. The summed E-state index contributed by atoms with van der Waals surface area (Å²) >= 11 is 6.17. The number of carbonyl (C=O) groups is 1. The molecule has 0 atom stereocenters. The molecule has 0 spiro atoms. The Balaban J connectivity index is 1.44. The molecule has 1 aromatic heterocycles. The summed E-state index contributed by atoms with van der Waals surface area (Å²) in [5.74, 6) is -0.147. The van der Waals surface area contributed by atoms with Crippen LogP contribution < -0.4 is 5.32 Å². The van der Waals surface area contributed by atoms with Gasteiger partial charge >= 0.3 is 0 Å². The van der Waals surface area contributed by atoms with Crippen LogP contribution in [-0.4, -0.2) is 36.9 Å². The van der Waals surface area contributed by atoms with E-state index in [0.717, 1.165) is 22.3 Å². The van der Waals surface area contributed by atoms with Gasteiger partial charge in [-0.3, -0.25) is 4.79 Å². The minimum Gasteiger partial charge on any atom is -0.355 e. The lowest BCUT2D eigenvalue weighted by Crippen LogP contribution is -2.43. The first-order valence-corrected chi connectivity index (χ1v) is 14.1. The van der Waals surface area contributed by atoms with Gasteiger partial charge in [-0.05, 0) is 74.9 Å². The topological polar surface area (TPSA) is 92.5 Å². The molecule has 7 nitrogen and oxygen atoms in total. The van der Waals surface area contributed by atoms with Crippen molar-refractivity contribution in [2.24, 2.45) is 5.92 Å². The number of amides is 1. The minimum absolute atomic E-state index is 0.0767. The number of sulfonamides is 1. The van der Waals surface area contributed by atoms with Crippen LogP contribution in [0, 0.1) is 33.6 Å². The molecular formula is C28H32ClN3O4S. The van der Waals surface area contributed by atoms with E-state index in [0.29, 0.717) is 30.1 Å². The highest BCUT2D eigenvalue weighted by atomic mass is 35.5. The van der Waals surface area contributed by atoms with E-state index < -0.39 is 10.0 Å². The molecule has 1 fully saturated rings. The van der Waals surface area contributed by atoms with Gasteiger partial charge in [-0.1, -0.05) is 58.7 Å². The van der Waals surface area contributed by atoms with Gasteiger partial charge in [0.2, 0.25) is 15.9 Å². The maximum atomic E-state index is 13.6. The van der Waals surface area contributed by atoms with Gasteiger partial charge in [0, 0.05) is 30.6 Å². The van der Waals surface area contributed by atoms with Gasteiger partial charge in [0.05, 0.1) is 0 Å². The molecular weight excluding hydrogens is 510 g/mol. The summed E-state index contributed by atoms with van der Waals surface area (Å²) in [4.78, 5) is 12.8. The molecule has 1 N–H and O–H groups in total. The maximum Gasteiger partial charge on any atom is 0.248 e. The molecule has 9 heteroatoms. The number of hydrogen-bond donors (Lipinski definition) is 1. The standard InChI is InChI=1S/C28H32ClN3O4S/c1-18-15-19(2)24(20(3)16-18)9-10-26-27(21(4)31-36-26)37(34,35)32-13-11-22(12-14-32)28(33)30-17-23-7-5-6-8-25(23)29/h5-10,15-16,22H,11-14,17H2,1-4H3,(H,30,33)/b10-9+. The quantitative estimate of drug-likeness (QED) is 0.429. The van der Waals surface area contributed by atoms with Crippen molar-refractivity contribution in [2.45, 2.75) is 52.0 Å². The van der Waals surface area contributed by atoms with Crippen LogP contribution in [0.15, 0.2) is 45.8 Å². The van der Waals surface area contributed by atoms with Crippen molar-refractivity contribution in [3.8, 4) is 0 Å². The third kappa shape index (κ3) is 5.98. The van der Waals surface area contributed by atoms with Crippen LogP contribution in [0.25, 0.3) is 12.2 Å². The van der Waals surface area contributed by atoms with Gasteiger partial charge < -0.3 is 9.84 Å². The van der Waals surface area contributed by atoms with Gasteiger partial charge in [-0.25, -0.2) is 8.42 Å². The van der Waals surface area contributed by atoms with E-state index in [9.17, 15) is 13.2 Å². The fraction of sp³-hybridized carbons (Fsp3) is 0.357. The molecule has 3 aromatic rings. The summed E-state index contributed by atoms with van der Waals surface area (Å²) in [6.45, 7) is 8.56. The summed E-state index contributed by atoms with van der Waals surface area (Å²) < 4.78 is 34.0. The van der Waals surface area contributed by atoms with Crippen LogP contribution >= 0.6 is 11.6 Å². The molecule has 2 heterocycles. The highest BCUT2D eigenvalue weighted by Gasteiger charge is 2.35. The molecule has 1 amide bonds. The van der Waals surface area contributed by atoms with Crippen molar-refractivity contribution >= 4 is 39.7 Å². The van der Waals surface area contributed by atoms with Gasteiger partial charge in [0.1, 0.15) is 5.69 Å². The molecule has 37 heavy (non-hydrogen) atoms. The first kappa shape index (κ1) is 27.1. The highest BCUT2D eigenvalue weighted by molar-refractivity contribution is 7.89. The van der Waals surface area contributed by atoms with Gasteiger partial charge in [-0.15, -0.1) is 0 Å². The normalized spacial score (nSPS) is 15.4. The average Bonchev–Trinajstić information content (AvgIpc) is 3.23. The fourth-order valence-corrected chi connectivity index (χ4v) is 6.79. The largest absolute Gasteiger partial charge is 0.355 e. The van der Waals surface area contributed by atoms with E-state index in [1.807, 2.05) is 45.0 Å². The van der Waals surface area contributed by atoms with E-state index >= 15 is 0 Å². The van der Waals surface area contributed by atoms with Crippen LogP contribution in [0.5, 0.6) is 0 Å². The zero-order valence-electron chi connectivity index (χ0n) is 21.5. The van der Waals surface area contributed by atoms with E-state index in [-0.39, 0.29) is 35.6 Å². The molecule has 1 aliphatic rings. The fourth-order valence-electron chi connectivity index (χ4n) is 4.87. The number of hydrogen-bond acceptors (Lipinski definition) is 5. The number of aromatic nitrogens is 1. The van der Waals surface area contributed by atoms with Crippen LogP contribution in [0.3, 0.4) is 0 Å². The number of aryl methyl sites for hydroxylation is 4. The first-order chi connectivity index (χ1) is 17.6. The van der Waals surface area contributed by atoms with Crippen molar-refractivity contribution in [2.75, 3.05) is 13.1 Å². The van der Waals surface area contributed by atoms with Crippen LogP contribution in [0.1, 0.15) is 52.1 Å². The third-order valence-corrected chi connectivity index (χ3v) is 9.23. The number of benzene rings is 2. The Kier molecular flexibility index (Phi) is 8.21. The lowest BCUT2D eigenvalue weighted by molar-refractivity contribution is -0.126. The van der Waals surface area contributed by atoms with Crippen molar-refractivity contribution in [3.05, 3.63) is 80.7 Å². The Labute approximate surface area is 223 Å². The first-order valence-electron chi connectivity index (χ1n) is 12.3. The van der Waals surface area contributed by atoms with Crippen LogP contribution in [-0.2, 0) is 21.4 Å². The van der Waals surface area contributed by atoms with Crippen molar-refractivity contribution in [3.63, 3.8) is 0 Å². The van der Waals surface area contributed by atoms with Gasteiger partial charge in [0.25, 0.3) is 0 Å². The number of nitrogens with one attached hydrogen (secondary N) is 1. The number of halogens is 1. The van der Waals surface area contributed by atoms with Gasteiger partial charge in [0.15, 0.2) is 10.7 Å². The summed E-state index contributed by atoms with van der Waals surface area (Å²) in [5.41, 5.74) is 5.56. The zero-order chi connectivity index (χ0) is 26.7. The van der Waals surface area contributed by atoms with Crippen molar-refractivity contribution in [1.82, 2.24) is 14.8 Å². The van der Waals surface area contributed by atoms with Gasteiger partial charge in [-0.2, -0.15) is 4.31 Å². The average molecular weight is 542 g/mol.